The van der Waals surface area contributed by atoms with Crippen LogP contribution in [0.1, 0.15) is 23.2 Å². The quantitative estimate of drug-likeness (QED) is 0.500. The number of aromatic nitrogens is 2. The number of hydrogen-bond donors (Lipinski definition) is 3. The number of nitrogens with one attached hydrogen (secondary N) is 2. The Bertz CT molecular complexity index is 1070. The number of amides is 1. The van der Waals surface area contributed by atoms with Gasteiger partial charge >= 0.3 is 0 Å². The summed E-state index contributed by atoms with van der Waals surface area (Å²) in [6.07, 6.45) is 5.75. The minimum atomic E-state index is -0.151. The fourth-order valence-electron chi connectivity index (χ4n) is 3.73. The highest BCUT2D eigenvalue weighted by Gasteiger charge is 2.15. The lowest BCUT2D eigenvalue weighted by molar-refractivity contribution is 0.0946. The number of phenolic OH excluding ortho intramolecular Hbond substituents is 1. The first-order valence-electron chi connectivity index (χ1n) is 10.7. The number of phenols is 1. The van der Waals surface area contributed by atoms with Crippen LogP contribution in [0.3, 0.4) is 0 Å². The average Bonchev–Trinajstić information content (AvgIpc) is 3.33. The Hall–Kier alpha value is -3.65. The molecule has 1 aliphatic heterocycles. The monoisotopic (exact) mass is 433 g/mol. The number of rotatable bonds is 8. The Morgan fingerprint density at radius 3 is 2.66 bits per heavy atom. The van der Waals surface area contributed by atoms with Crippen molar-refractivity contribution in [3.8, 4) is 22.8 Å². The van der Waals surface area contributed by atoms with Crippen molar-refractivity contribution in [2.75, 3.05) is 38.6 Å². The number of methoxy groups -OCH3 is 1. The minimum absolute atomic E-state index is 0.151. The zero-order valence-corrected chi connectivity index (χ0v) is 18.0. The van der Waals surface area contributed by atoms with Crippen molar-refractivity contribution in [1.29, 1.82) is 0 Å². The number of aromatic hydroxyl groups is 1. The molecule has 1 saturated heterocycles. The smallest absolute Gasteiger partial charge is 0.255 e. The van der Waals surface area contributed by atoms with Gasteiger partial charge in [-0.25, -0.2) is 4.98 Å². The molecule has 0 saturated carbocycles. The Labute approximate surface area is 187 Å². The highest BCUT2D eigenvalue weighted by atomic mass is 16.5. The van der Waals surface area contributed by atoms with Gasteiger partial charge in [-0.15, -0.1) is 0 Å². The normalized spacial score (nSPS) is 13.7. The van der Waals surface area contributed by atoms with Gasteiger partial charge in [0.05, 0.1) is 30.8 Å². The molecule has 8 nitrogen and oxygen atoms in total. The van der Waals surface area contributed by atoms with Gasteiger partial charge in [-0.05, 0) is 62.3 Å². The van der Waals surface area contributed by atoms with Gasteiger partial charge in [-0.1, -0.05) is 0 Å². The summed E-state index contributed by atoms with van der Waals surface area (Å²) < 4.78 is 5.46. The van der Waals surface area contributed by atoms with Crippen molar-refractivity contribution >= 4 is 17.4 Å². The van der Waals surface area contributed by atoms with E-state index in [1.807, 2.05) is 6.07 Å². The molecular weight excluding hydrogens is 406 g/mol. The van der Waals surface area contributed by atoms with Crippen LogP contribution in [0.2, 0.25) is 0 Å². The molecule has 3 N–H and O–H groups in total. The number of anilines is 2. The van der Waals surface area contributed by atoms with E-state index in [0.29, 0.717) is 29.4 Å². The second-order valence-corrected chi connectivity index (χ2v) is 7.68. The Morgan fingerprint density at radius 1 is 1.12 bits per heavy atom. The van der Waals surface area contributed by atoms with Crippen LogP contribution in [0.5, 0.6) is 11.5 Å². The van der Waals surface area contributed by atoms with Crippen molar-refractivity contribution in [3.63, 3.8) is 0 Å². The molecule has 1 aromatic heterocycles. The van der Waals surface area contributed by atoms with Gasteiger partial charge in [0.25, 0.3) is 5.91 Å². The number of nitrogens with zero attached hydrogens (tertiary/aromatic N) is 3. The van der Waals surface area contributed by atoms with E-state index in [9.17, 15) is 9.90 Å². The van der Waals surface area contributed by atoms with Crippen LogP contribution in [-0.4, -0.2) is 59.2 Å². The van der Waals surface area contributed by atoms with Gasteiger partial charge in [0.1, 0.15) is 17.3 Å². The molecule has 2 aromatic carbocycles. The first-order valence-corrected chi connectivity index (χ1v) is 10.7. The molecule has 166 valence electrons. The van der Waals surface area contributed by atoms with Crippen LogP contribution in [0.25, 0.3) is 11.3 Å². The van der Waals surface area contributed by atoms with Crippen LogP contribution in [0.4, 0.5) is 11.5 Å². The summed E-state index contributed by atoms with van der Waals surface area (Å²) in [6, 6.07) is 12.1. The number of carbonyl (C=O) groups excluding carboxylic acids is 1. The van der Waals surface area contributed by atoms with Crippen LogP contribution in [0, 0.1) is 0 Å². The zero-order valence-electron chi connectivity index (χ0n) is 18.0. The lowest BCUT2D eigenvalue weighted by Gasteiger charge is -2.16. The van der Waals surface area contributed by atoms with Gasteiger partial charge in [-0.3, -0.25) is 9.78 Å². The van der Waals surface area contributed by atoms with Gasteiger partial charge in [-0.2, -0.15) is 0 Å². The van der Waals surface area contributed by atoms with Crippen molar-refractivity contribution in [2.24, 2.45) is 0 Å². The minimum Gasteiger partial charge on any atom is -0.508 e. The first kappa shape index (κ1) is 21.6. The predicted molar refractivity (Wildman–Crippen MR) is 123 cm³/mol. The molecule has 0 bridgehead atoms. The summed E-state index contributed by atoms with van der Waals surface area (Å²) in [5.41, 5.74) is 2.74. The maximum Gasteiger partial charge on any atom is 0.255 e. The Kier molecular flexibility index (Phi) is 6.81. The van der Waals surface area contributed by atoms with Crippen LogP contribution in [0.15, 0.2) is 54.9 Å². The number of ether oxygens (including phenoxy) is 1. The standard InChI is InChI=1S/C24H27N5O3/c1-32-22-14-18(6-9-20(22)24(31)26-10-13-29-11-2-3-12-29)27-23-16-25-15-21(28-23)17-4-7-19(30)8-5-17/h4-9,14-16,30H,2-3,10-13H2,1H3,(H,26,31)(H,27,28). The maximum atomic E-state index is 12.6. The lowest BCUT2D eigenvalue weighted by Crippen LogP contribution is -2.33. The largest absolute Gasteiger partial charge is 0.508 e. The van der Waals surface area contributed by atoms with Crippen molar-refractivity contribution in [3.05, 3.63) is 60.4 Å². The molecule has 0 aliphatic carbocycles. The van der Waals surface area contributed by atoms with E-state index in [1.54, 1.807) is 55.9 Å². The van der Waals surface area contributed by atoms with E-state index in [0.717, 1.165) is 30.9 Å². The molecule has 0 radical (unpaired) electrons. The van der Waals surface area contributed by atoms with Gasteiger partial charge < -0.3 is 25.4 Å². The summed E-state index contributed by atoms with van der Waals surface area (Å²) in [6.45, 7) is 3.69. The molecule has 2 heterocycles. The van der Waals surface area contributed by atoms with Gasteiger partial charge in [0.2, 0.25) is 0 Å². The highest BCUT2D eigenvalue weighted by Crippen LogP contribution is 2.26. The SMILES string of the molecule is COc1cc(Nc2cncc(-c3ccc(O)cc3)n2)ccc1C(=O)NCCN1CCCC1. The molecule has 3 aromatic rings. The summed E-state index contributed by atoms with van der Waals surface area (Å²) in [5.74, 6) is 1.08. The topological polar surface area (TPSA) is 99.6 Å². The van der Waals surface area contributed by atoms with Crippen LogP contribution in [-0.2, 0) is 0 Å². The second-order valence-electron chi connectivity index (χ2n) is 7.68. The van der Waals surface area contributed by atoms with Crippen molar-refractivity contribution in [2.45, 2.75) is 12.8 Å². The predicted octanol–water partition coefficient (Wildman–Crippen LogP) is 3.43. The van der Waals surface area contributed by atoms with Crippen molar-refractivity contribution in [1.82, 2.24) is 20.2 Å². The molecule has 0 spiro atoms. The van der Waals surface area contributed by atoms with E-state index < -0.39 is 0 Å². The number of hydrogen-bond acceptors (Lipinski definition) is 7. The summed E-state index contributed by atoms with van der Waals surface area (Å²) in [4.78, 5) is 23.8. The second kappa shape index (κ2) is 10.1. The van der Waals surface area contributed by atoms with E-state index in [2.05, 4.69) is 25.5 Å². The molecule has 0 unspecified atom stereocenters. The first-order chi connectivity index (χ1) is 15.6. The Balaban J connectivity index is 1.42. The highest BCUT2D eigenvalue weighted by molar-refractivity contribution is 5.97. The van der Waals surface area contributed by atoms with Crippen LogP contribution < -0.4 is 15.4 Å². The van der Waals surface area contributed by atoms with Gasteiger partial charge in [0.15, 0.2) is 0 Å². The zero-order chi connectivity index (χ0) is 22.3. The number of carbonyl (C=O) groups is 1. The molecule has 8 heteroatoms. The molecule has 1 fully saturated rings. The molecule has 4 rings (SSSR count). The van der Waals surface area contributed by atoms with Crippen molar-refractivity contribution < 1.29 is 14.6 Å². The summed E-state index contributed by atoms with van der Waals surface area (Å²) in [5, 5.41) is 15.7. The molecule has 1 aliphatic rings. The molecule has 1 amide bonds. The summed E-state index contributed by atoms with van der Waals surface area (Å²) in [7, 11) is 1.55. The number of benzene rings is 2. The molecular formula is C24H27N5O3. The fourth-order valence-corrected chi connectivity index (χ4v) is 3.73. The third kappa shape index (κ3) is 5.33. The fraction of sp³-hybridized carbons (Fsp3) is 0.292. The summed E-state index contributed by atoms with van der Waals surface area (Å²) >= 11 is 0. The Morgan fingerprint density at radius 2 is 1.91 bits per heavy atom. The molecule has 32 heavy (non-hydrogen) atoms. The number of likely N-dealkylation sites (tertiary alicyclic amines) is 1. The van der Waals surface area contributed by atoms with Gasteiger partial charge in [0, 0.05) is 30.4 Å². The molecule has 0 atom stereocenters. The van der Waals surface area contributed by atoms with Crippen LogP contribution >= 0.6 is 0 Å². The average molecular weight is 434 g/mol. The van der Waals surface area contributed by atoms with E-state index in [4.69, 9.17) is 4.74 Å². The lowest BCUT2D eigenvalue weighted by atomic mass is 10.1. The van der Waals surface area contributed by atoms with E-state index in [1.165, 1.54) is 12.8 Å². The third-order valence-electron chi connectivity index (χ3n) is 5.43. The maximum absolute atomic E-state index is 12.6. The van der Waals surface area contributed by atoms with E-state index >= 15 is 0 Å². The third-order valence-corrected chi connectivity index (χ3v) is 5.43. The van der Waals surface area contributed by atoms with E-state index in [-0.39, 0.29) is 11.7 Å².